The lowest BCUT2D eigenvalue weighted by atomic mass is 9.82. The van der Waals surface area contributed by atoms with Crippen LogP contribution in [0.25, 0.3) is 54.5 Å². The lowest BCUT2D eigenvalue weighted by Crippen LogP contribution is -2.31. The highest BCUT2D eigenvalue weighted by Gasteiger charge is 2.27. The van der Waals surface area contributed by atoms with Gasteiger partial charge in [0.1, 0.15) is 12.6 Å². The molecule has 0 amide bonds. The van der Waals surface area contributed by atoms with E-state index in [1.165, 1.54) is 0 Å². The Morgan fingerprint density at radius 3 is 2.44 bits per heavy atom. The number of benzene rings is 3. The summed E-state index contributed by atoms with van der Waals surface area (Å²) >= 11 is 0. The van der Waals surface area contributed by atoms with Crippen molar-refractivity contribution in [3.63, 3.8) is 0 Å². The molecule has 3 aromatic carbocycles. The summed E-state index contributed by atoms with van der Waals surface area (Å²) < 4.78 is 52.5. The first-order valence-corrected chi connectivity index (χ1v) is 11.6. The van der Waals surface area contributed by atoms with Crippen molar-refractivity contribution in [3.05, 3.63) is 71.0 Å². The van der Waals surface area contributed by atoms with Crippen molar-refractivity contribution in [2.75, 3.05) is 0 Å². The molecule has 0 bridgehead atoms. The van der Waals surface area contributed by atoms with Crippen LogP contribution < -0.4 is 4.57 Å². The van der Waals surface area contributed by atoms with E-state index in [2.05, 4.69) is 11.1 Å². The SMILES string of the molecule is [2H]C([2H])([2H])c1c[n+](C)c2c3c(C)cccc3c3ccc4oc5nc(C)ccc5c4c3c2c1C([2H])([2H])C(C)(C)C. The summed E-state index contributed by atoms with van der Waals surface area (Å²) in [6, 6.07) is 14.0. The predicted octanol–water partition coefficient (Wildman–Crippen LogP) is 7.78. The fourth-order valence-corrected chi connectivity index (χ4v) is 5.33. The lowest BCUT2D eigenvalue weighted by molar-refractivity contribution is -0.644. The minimum absolute atomic E-state index is 0.0189. The van der Waals surface area contributed by atoms with Crippen molar-refractivity contribution in [2.45, 2.75) is 47.8 Å². The van der Waals surface area contributed by atoms with E-state index in [4.69, 9.17) is 8.53 Å². The number of hydrogen-bond acceptors (Lipinski definition) is 2. The Morgan fingerprint density at radius 1 is 0.912 bits per heavy atom. The summed E-state index contributed by atoms with van der Waals surface area (Å²) in [6.07, 6.45) is -0.381. The molecule has 3 heterocycles. The Bertz CT molecular complexity index is 2000. The maximum absolute atomic E-state index is 9.46. The molecule has 0 saturated carbocycles. The summed E-state index contributed by atoms with van der Waals surface area (Å²) in [6.45, 7) is 6.88. The van der Waals surface area contributed by atoms with Crippen LogP contribution >= 0.6 is 0 Å². The fourth-order valence-electron chi connectivity index (χ4n) is 5.33. The summed E-state index contributed by atoms with van der Waals surface area (Å²) in [5.74, 6) is 0. The van der Waals surface area contributed by atoms with Crippen LogP contribution in [0, 0.1) is 26.1 Å². The van der Waals surface area contributed by atoms with E-state index < -0.39 is 18.6 Å². The minimum Gasteiger partial charge on any atom is -0.438 e. The molecule has 0 atom stereocenters. The van der Waals surface area contributed by atoms with E-state index in [9.17, 15) is 2.74 Å². The number of rotatable bonds is 1. The van der Waals surface area contributed by atoms with Gasteiger partial charge in [0.2, 0.25) is 11.2 Å². The van der Waals surface area contributed by atoms with Gasteiger partial charge in [-0.15, -0.1) is 0 Å². The molecule has 170 valence electrons. The van der Waals surface area contributed by atoms with Gasteiger partial charge in [0, 0.05) is 34.3 Å². The molecule has 0 aliphatic rings. The van der Waals surface area contributed by atoms with Gasteiger partial charge in [0.15, 0.2) is 6.20 Å². The molecular formula is C31H31N2O+. The van der Waals surface area contributed by atoms with Crippen molar-refractivity contribution >= 4 is 54.5 Å². The smallest absolute Gasteiger partial charge is 0.227 e. The first-order valence-electron chi connectivity index (χ1n) is 14.1. The van der Waals surface area contributed by atoms with Gasteiger partial charge in [-0.25, -0.2) is 9.55 Å². The zero-order valence-electron chi connectivity index (χ0n) is 25.4. The Hall–Kier alpha value is -3.46. The third-order valence-corrected chi connectivity index (χ3v) is 6.62. The van der Waals surface area contributed by atoms with Gasteiger partial charge >= 0.3 is 0 Å². The van der Waals surface area contributed by atoms with Crippen LogP contribution in [0.5, 0.6) is 0 Å². The van der Waals surface area contributed by atoms with Gasteiger partial charge in [-0.3, -0.25) is 0 Å². The fraction of sp³-hybridized carbons (Fsp3) is 0.290. The molecule has 3 heteroatoms. The molecule has 0 aliphatic carbocycles. The van der Waals surface area contributed by atoms with Crippen molar-refractivity contribution in [1.82, 2.24) is 4.98 Å². The second kappa shape index (κ2) is 7.02. The zero-order valence-corrected chi connectivity index (χ0v) is 20.4. The standard InChI is InChI=1S/C31H31N2O/c1-17-9-8-10-20-21-13-14-24-26(22-12-11-19(3)32-30(22)34-24)27(21)28-23(15-31(4,5)6)18(2)16-33(7)29(28)25(17)20/h8-14,16H,15H2,1-7H3/q+1/i2D3,15D2. The highest BCUT2D eigenvalue weighted by atomic mass is 16.3. The Labute approximate surface area is 207 Å². The quantitative estimate of drug-likeness (QED) is 0.188. The van der Waals surface area contributed by atoms with E-state index >= 15 is 0 Å². The molecule has 34 heavy (non-hydrogen) atoms. The van der Waals surface area contributed by atoms with E-state index in [-0.39, 0.29) is 11.1 Å². The van der Waals surface area contributed by atoms with E-state index in [0.717, 1.165) is 49.1 Å². The average molecular weight is 453 g/mol. The summed E-state index contributed by atoms with van der Waals surface area (Å²) in [5.41, 5.74) is 3.14. The molecule has 0 spiro atoms. The third kappa shape index (κ3) is 2.96. The molecule has 6 rings (SSSR count). The van der Waals surface area contributed by atoms with Crippen LogP contribution in [0.1, 0.15) is 50.0 Å². The van der Waals surface area contributed by atoms with Crippen LogP contribution in [0.2, 0.25) is 0 Å². The second-order valence-electron chi connectivity index (χ2n) is 10.4. The Morgan fingerprint density at radius 2 is 1.68 bits per heavy atom. The number of aryl methyl sites for hydroxylation is 4. The monoisotopic (exact) mass is 452 g/mol. The molecule has 0 aliphatic heterocycles. The number of hydrogen-bond donors (Lipinski definition) is 0. The number of pyridine rings is 2. The summed E-state index contributed by atoms with van der Waals surface area (Å²) in [7, 11) is 1.85. The average Bonchev–Trinajstić information content (AvgIpc) is 3.19. The summed E-state index contributed by atoms with van der Waals surface area (Å²) in [5, 5.41) is 5.95. The molecule has 0 unspecified atom stereocenters. The normalized spacial score (nSPS) is 15.6. The summed E-state index contributed by atoms with van der Waals surface area (Å²) in [4.78, 5) is 4.63. The van der Waals surface area contributed by atoms with Crippen molar-refractivity contribution < 1.29 is 15.8 Å². The van der Waals surface area contributed by atoms with E-state index in [1.54, 1.807) is 6.20 Å². The van der Waals surface area contributed by atoms with Crippen molar-refractivity contribution in [1.29, 1.82) is 0 Å². The van der Waals surface area contributed by atoms with Crippen LogP contribution in [-0.4, -0.2) is 4.98 Å². The van der Waals surface area contributed by atoms with Crippen LogP contribution in [0.15, 0.2) is 53.1 Å². The maximum Gasteiger partial charge on any atom is 0.227 e. The van der Waals surface area contributed by atoms with E-state index in [1.807, 2.05) is 82.6 Å². The van der Waals surface area contributed by atoms with Gasteiger partial charge in [-0.1, -0.05) is 39.0 Å². The van der Waals surface area contributed by atoms with Gasteiger partial charge in [-0.05, 0) is 78.7 Å². The molecule has 3 aromatic heterocycles. The molecule has 0 saturated heterocycles. The van der Waals surface area contributed by atoms with Gasteiger partial charge in [0.05, 0.1) is 10.8 Å². The largest absolute Gasteiger partial charge is 0.438 e. The molecule has 0 fully saturated rings. The topological polar surface area (TPSA) is 29.9 Å². The van der Waals surface area contributed by atoms with Gasteiger partial charge < -0.3 is 4.42 Å². The lowest BCUT2D eigenvalue weighted by Gasteiger charge is -2.22. The Balaban J connectivity index is 2.08. The van der Waals surface area contributed by atoms with Crippen molar-refractivity contribution in [2.24, 2.45) is 12.5 Å². The molecule has 0 radical (unpaired) electrons. The predicted molar refractivity (Wildman–Crippen MR) is 143 cm³/mol. The molecule has 3 nitrogen and oxygen atoms in total. The first-order chi connectivity index (χ1) is 18.1. The molecule has 6 aromatic rings. The highest BCUT2D eigenvalue weighted by Crippen LogP contribution is 2.44. The number of aromatic nitrogens is 2. The molecular weight excluding hydrogens is 416 g/mol. The van der Waals surface area contributed by atoms with E-state index in [0.29, 0.717) is 16.7 Å². The number of furan rings is 1. The van der Waals surface area contributed by atoms with Gasteiger partial charge in [-0.2, -0.15) is 0 Å². The third-order valence-electron chi connectivity index (χ3n) is 6.62. The molecule has 0 N–H and O–H groups in total. The first kappa shape index (κ1) is 16.2. The maximum atomic E-state index is 9.46. The number of fused-ring (bicyclic) bond motifs is 10. The highest BCUT2D eigenvalue weighted by molar-refractivity contribution is 6.34. The van der Waals surface area contributed by atoms with Gasteiger partial charge in [0.25, 0.3) is 0 Å². The Kier molecular flexibility index (Phi) is 3.35. The van der Waals surface area contributed by atoms with Crippen LogP contribution in [-0.2, 0) is 13.4 Å². The van der Waals surface area contributed by atoms with Crippen molar-refractivity contribution in [3.8, 4) is 0 Å². The minimum atomic E-state index is -2.53. The van der Waals surface area contributed by atoms with Crippen LogP contribution in [0.4, 0.5) is 0 Å². The second-order valence-corrected chi connectivity index (χ2v) is 10.4. The zero-order chi connectivity index (χ0) is 28.2. The van der Waals surface area contributed by atoms with Crippen LogP contribution in [0.3, 0.4) is 0 Å². The number of nitrogens with zero attached hydrogens (tertiary/aromatic N) is 2.